The predicted molar refractivity (Wildman–Crippen MR) is 90.5 cm³/mol. The first-order chi connectivity index (χ1) is 9.88. The van der Waals surface area contributed by atoms with Crippen molar-refractivity contribution in [2.45, 2.75) is 27.3 Å². The number of rotatable bonds is 4. The number of aryl methyl sites for hydroxylation is 3. The van der Waals surface area contributed by atoms with Crippen LogP contribution in [0, 0.1) is 20.8 Å². The van der Waals surface area contributed by atoms with E-state index in [4.69, 9.17) is 5.73 Å². The zero-order valence-corrected chi connectivity index (χ0v) is 14.6. The van der Waals surface area contributed by atoms with E-state index in [9.17, 15) is 9.59 Å². The van der Waals surface area contributed by atoms with E-state index < -0.39 is 5.91 Å². The second-order valence-electron chi connectivity index (χ2n) is 5.33. The molecule has 0 radical (unpaired) electrons. The first-order valence-corrected chi connectivity index (χ1v) is 6.78. The smallest absolute Gasteiger partial charge is 0.254 e. The first-order valence-electron chi connectivity index (χ1n) is 6.78. The van der Waals surface area contributed by atoms with Gasteiger partial charge in [0.1, 0.15) is 5.56 Å². The Morgan fingerprint density at radius 3 is 2.27 bits per heavy atom. The van der Waals surface area contributed by atoms with E-state index in [2.05, 4.69) is 0 Å². The van der Waals surface area contributed by atoms with Gasteiger partial charge in [0.25, 0.3) is 5.91 Å². The number of benzene rings is 1. The number of Topliss-reactive ketones (excluding diaryl/α,β-unsaturated/α-hetero) is 1. The molecule has 2 rings (SSSR count). The minimum absolute atomic E-state index is 0. The Balaban J connectivity index is 0.00000242. The molecule has 0 spiro atoms. The van der Waals surface area contributed by atoms with Crippen LogP contribution in [0.15, 0.2) is 36.7 Å². The van der Waals surface area contributed by atoms with Crippen LogP contribution in [0.2, 0.25) is 0 Å². The monoisotopic (exact) mass is 363 g/mol. The summed E-state index contributed by atoms with van der Waals surface area (Å²) in [5, 5.41) is 0. The number of primary amides is 1. The molecule has 0 bridgehead atoms. The number of amides is 1. The molecule has 0 aliphatic heterocycles. The predicted octanol–water partition coefficient (Wildman–Crippen LogP) is 2.46. The standard InChI is InChI=1S/C17H18N2O2.BrH/c1-11-7-12(2)16(13(3)8-11)15(20)10-19-6-4-5-14(9-19)17(18)21;/h4-9H,10H2,1-3H3,(H-,18,21);1H/p+1. The van der Waals surface area contributed by atoms with Crippen molar-refractivity contribution >= 4 is 28.7 Å². The zero-order valence-electron chi connectivity index (χ0n) is 12.9. The zero-order chi connectivity index (χ0) is 15.6. The number of carbonyl (C=O) groups excluding carboxylic acids is 2. The summed E-state index contributed by atoms with van der Waals surface area (Å²) in [4.78, 5) is 23.7. The Hall–Kier alpha value is -2.01. The van der Waals surface area contributed by atoms with Crippen molar-refractivity contribution < 1.29 is 14.2 Å². The summed E-state index contributed by atoms with van der Waals surface area (Å²) < 4.78 is 1.68. The molecule has 5 heteroatoms. The van der Waals surface area contributed by atoms with Gasteiger partial charge in [-0.1, -0.05) is 17.7 Å². The normalized spacial score (nSPS) is 9.95. The fraction of sp³-hybridized carbons (Fsp3) is 0.235. The number of pyridine rings is 1. The summed E-state index contributed by atoms with van der Waals surface area (Å²) >= 11 is 0. The van der Waals surface area contributed by atoms with E-state index in [-0.39, 0.29) is 29.3 Å². The van der Waals surface area contributed by atoms with E-state index in [1.807, 2.05) is 32.9 Å². The Morgan fingerprint density at radius 2 is 1.73 bits per heavy atom. The third-order valence-corrected chi connectivity index (χ3v) is 3.42. The molecule has 1 aromatic heterocycles. The molecule has 0 fully saturated rings. The number of nitrogens with zero attached hydrogens (tertiary/aromatic N) is 1. The third-order valence-electron chi connectivity index (χ3n) is 3.42. The molecule has 1 heterocycles. The van der Waals surface area contributed by atoms with Crippen LogP contribution in [0.3, 0.4) is 0 Å². The van der Waals surface area contributed by atoms with Crippen LogP contribution >= 0.6 is 17.0 Å². The maximum absolute atomic E-state index is 12.5. The van der Waals surface area contributed by atoms with Gasteiger partial charge in [0.2, 0.25) is 12.3 Å². The Labute approximate surface area is 140 Å². The van der Waals surface area contributed by atoms with E-state index in [1.54, 1.807) is 29.1 Å². The lowest BCUT2D eigenvalue weighted by atomic mass is 9.96. The SMILES string of the molecule is Br.Cc1cc(C)c(C(=O)C[n+]2cccc(C(N)=O)c2)c(C)c1. The van der Waals surface area contributed by atoms with Crippen LogP contribution in [0.5, 0.6) is 0 Å². The second-order valence-corrected chi connectivity index (χ2v) is 5.33. The second kappa shape index (κ2) is 7.31. The number of hydrogen-bond donors (Lipinski definition) is 1. The minimum Gasteiger partial charge on any atom is -0.365 e. The van der Waals surface area contributed by atoms with Crippen molar-refractivity contribution in [3.8, 4) is 0 Å². The third kappa shape index (κ3) is 4.01. The largest absolute Gasteiger partial charge is 0.365 e. The molecule has 0 unspecified atom stereocenters. The van der Waals surface area contributed by atoms with Gasteiger partial charge in [-0.05, 0) is 38.0 Å². The van der Waals surface area contributed by atoms with Crippen molar-refractivity contribution in [3.63, 3.8) is 0 Å². The number of hydrogen-bond acceptors (Lipinski definition) is 2. The van der Waals surface area contributed by atoms with Gasteiger partial charge >= 0.3 is 0 Å². The molecule has 2 aromatic rings. The fourth-order valence-corrected chi connectivity index (χ4v) is 2.63. The summed E-state index contributed by atoms with van der Waals surface area (Å²) in [5.74, 6) is -0.476. The average molecular weight is 364 g/mol. The van der Waals surface area contributed by atoms with Crippen LogP contribution in [-0.2, 0) is 6.54 Å². The first kappa shape index (κ1) is 18.0. The Kier molecular flexibility index (Phi) is 6.00. The fourth-order valence-electron chi connectivity index (χ4n) is 2.63. The Morgan fingerprint density at radius 1 is 1.14 bits per heavy atom. The van der Waals surface area contributed by atoms with Crippen LogP contribution in [-0.4, -0.2) is 11.7 Å². The highest BCUT2D eigenvalue weighted by atomic mass is 79.9. The van der Waals surface area contributed by atoms with E-state index in [1.165, 1.54) is 0 Å². The molecular formula is C17H20BrN2O2+. The molecule has 0 saturated heterocycles. The lowest BCUT2D eigenvalue weighted by molar-refractivity contribution is -0.683. The van der Waals surface area contributed by atoms with Crippen LogP contribution in [0.25, 0.3) is 0 Å². The number of ketones is 1. The quantitative estimate of drug-likeness (QED) is 0.669. The minimum atomic E-state index is -0.500. The molecule has 1 aromatic carbocycles. The van der Waals surface area contributed by atoms with Gasteiger partial charge in [0, 0.05) is 11.6 Å². The van der Waals surface area contributed by atoms with E-state index in [0.717, 1.165) is 22.3 Å². The highest BCUT2D eigenvalue weighted by Gasteiger charge is 2.18. The highest BCUT2D eigenvalue weighted by Crippen LogP contribution is 2.17. The number of halogens is 1. The molecule has 1 amide bonds. The highest BCUT2D eigenvalue weighted by molar-refractivity contribution is 8.93. The topological polar surface area (TPSA) is 64.0 Å². The lowest BCUT2D eigenvalue weighted by Crippen LogP contribution is -2.38. The molecule has 2 N–H and O–H groups in total. The van der Waals surface area contributed by atoms with Gasteiger partial charge in [-0.15, -0.1) is 17.0 Å². The molecular weight excluding hydrogens is 344 g/mol. The maximum atomic E-state index is 12.5. The summed E-state index contributed by atoms with van der Waals surface area (Å²) in [7, 11) is 0. The lowest BCUT2D eigenvalue weighted by Gasteiger charge is -2.08. The molecule has 22 heavy (non-hydrogen) atoms. The number of nitrogens with two attached hydrogens (primary N) is 1. The van der Waals surface area contributed by atoms with Gasteiger partial charge in [0.15, 0.2) is 12.4 Å². The summed E-state index contributed by atoms with van der Waals surface area (Å²) in [6.45, 7) is 6.08. The summed E-state index contributed by atoms with van der Waals surface area (Å²) in [6.07, 6.45) is 3.35. The van der Waals surface area contributed by atoms with Crippen molar-refractivity contribution in [1.29, 1.82) is 0 Å². The molecule has 116 valence electrons. The van der Waals surface area contributed by atoms with Gasteiger partial charge in [0.05, 0.1) is 0 Å². The van der Waals surface area contributed by atoms with Crippen molar-refractivity contribution in [1.82, 2.24) is 0 Å². The van der Waals surface area contributed by atoms with Crippen molar-refractivity contribution in [3.05, 3.63) is 64.5 Å². The van der Waals surface area contributed by atoms with Gasteiger partial charge < -0.3 is 5.73 Å². The van der Waals surface area contributed by atoms with Crippen LogP contribution < -0.4 is 10.3 Å². The van der Waals surface area contributed by atoms with Gasteiger partial charge in [-0.2, -0.15) is 4.57 Å². The molecule has 4 nitrogen and oxygen atoms in total. The van der Waals surface area contributed by atoms with Gasteiger partial charge in [-0.3, -0.25) is 9.59 Å². The van der Waals surface area contributed by atoms with Crippen LogP contribution in [0.1, 0.15) is 37.4 Å². The average Bonchev–Trinajstić information content (AvgIpc) is 2.37. The van der Waals surface area contributed by atoms with Crippen molar-refractivity contribution in [2.75, 3.05) is 0 Å². The molecule has 0 saturated carbocycles. The van der Waals surface area contributed by atoms with E-state index >= 15 is 0 Å². The van der Waals surface area contributed by atoms with E-state index in [0.29, 0.717) is 5.56 Å². The number of aromatic nitrogens is 1. The van der Waals surface area contributed by atoms with Crippen LogP contribution in [0.4, 0.5) is 0 Å². The van der Waals surface area contributed by atoms with Crippen molar-refractivity contribution in [2.24, 2.45) is 5.73 Å². The number of carbonyl (C=O) groups is 2. The Bertz CT molecular complexity index is 703. The maximum Gasteiger partial charge on any atom is 0.254 e. The summed E-state index contributed by atoms with van der Waals surface area (Å²) in [6, 6.07) is 7.35. The van der Waals surface area contributed by atoms with Gasteiger partial charge in [-0.25, -0.2) is 0 Å². The summed E-state index contributed by atoms with van der Waals surface area (Å²) in [5.41, 5.74) is 9.49. The molecule has 0 aliphatic rings. The molecule has 0 atom stereocenters. The molecule has 0 aliphatic carbocycles.